The van der Waals surface area contributed by atoms with E-state index in [0.29, 0.717) is 44.8 Å². The maximum atomic E-state index is 13.1. The lowest BCUT2D eigenvalue weighted by atomic mass is 9.92. The summed E-state index contributed by atoms with van der Waals surface area (Å²) in [6.07, 6.45) is 2.10. The minimum Gasteiger partial charge on any atom is -0.476 e. The highest BCUT2D eigenvalue weighted by Crippen LogP contribution is 2.39. The quantitative estimate of drug-likeness (QED) is 0.146. The van der Waals surface area contributed by atoms with Gasteiger partial charge < -0.3 is 34.6 Å². The van der Waals surface area contributed by atoms with Crippen molar-refractivity contribution in [2.24, 2.45) is 11.8 Å². The fourth-order valence-corrected chi connectivity index (χ4v) is 4.72. The number of rotatable bonds is 14. The van der Waals surface area contributed by atoms with Gasteiger partial charge in [-0.1, -0.05) is 31.5 Å². The third kappa shape index (κ3) is 9.07. The number of carbonyl (C=O) groups excluding carboxylic acids is 2. The Hall–Kier alpha value is -2.86. The number of aliphatic hydroxyl groups is 2. The average molecular weight is 604 g/mol. The second-order valence-electron chi connectivity index (χ2n) is 10.8. The van der Waals surface area contributed by atoms with E-state index in [1.54, 1.807) is 19.2 Å². The van der Waals surface area contributed by atoms with Crippen molar-refractivity contribution in [1.29, 1.82) is 0 Å². The van der Waals surface area contributed by atoms with Crippen molar-refractivity contribution in [2.75, 3.05) is 51.5 Å². The Morgan fingerprint density at radius 2 is 1.79 bits per heavy atom. The summed E-state index contributed by atoms with van der Waals surface area (Å²) < 4.78 is 16.6. The van der Waals surface area contributed by atoms with Crippen LogP contribution in [-0.2, 0) is 14.3 Å². The number of pyridine rings is 1. The zero-order chi connectivity index (χ0) is 30.7. The highest BCUT2D eigenvalue weighted by Gasteiger charge is 2.40. The molecule has 0 radical (unpaired) electrons. The Kier molecular flexibility index (Phi) is 12.9. The van der Waals surface area contributed by atoms with E-state index in [4.69, 9.17) is 19.3 Å². The van der Waals surface area contributed by atoms with Gasteiger partial charge in [-0.3, -0.25) is 4.79 Å². The number of anilines is 1. The lowest BCUT2D eigenvalue weighted by Crippen LogP contribution is -2.54. The number of thiol groups is 1. The van der Waals surface area contributed by atoms with Gasteiger partial charge in [0.2, 0.25) is 5.88 Å². The maximum Gasteiger partial charge on any atom is 0.331 e. The van der Waals surface area contributed by atoms with Gasteiger partial charge in [0.15, 0.2) is 0 Å². The van der Waals surface area contributed by atoms with Crippen LogP contribution < -0.4 is 15.0 Å². The van der Waals surface area contributed by atoms with E-state index in [0.717, 1.165) is 17.0 Å². The molecule has 232 valence electrons. The van der Waals surface area contributed by atoms with Crippen LogP contribution in [0.2, 0.25) is 0 Å². The van der Waals surface area contributed by atoms with E-state index >= 15 is 0 Å². The van der Waals surface area contributed by atoms with Crippen molar-refractivity contribution in [1.82, 2.24) is 10.3 Å². The van der Waals surface area contributed by atoms with Crippen LogP contribution in [0.15, 0.2) is 41.3 Å². The Morgan fingerprint density at radius 1 is 1.10 bits per heavy atom. The number of hydrogen-bond donors (Lipinski definition) is 4. The number of benzene rings is 1. The number of aryl methyl sites for hydroxylation is 1. The largest absolute Gasteiger partial charge is 0.476 e. The lowest BCUT2D eigenvalue weighted by molar-refractivity contribution is -0.152. The summed E-state index contributed by atoms with van der Waals surface area (Å²) >= 11 is 4.13. The topological polar surface area (TPSA) is 130 Å². The smallest absolute Gasteiger partial charge is 0.331 e. The summed E-state index contributed by atoms with van der Waals surface area (Å²) in [5, 5.41) is 21.1. The van der Waals surface area contributed by atoms with Crippen molar-refractivity contribution in [2.45, 2.75) is 63.0 Å². The number of hydrogen-bond acceptors (Lipinski definition) is 10. The predicted molar refractivity (Wildman–Crippen MR) is 163 cm³/mol. The van der Waals surface area contributed by atoms with Gasteiger partial charge in [0, 0.05) is 44.7 Å². The minimum absolute atomic E-state index is 0.0774. The number of aromatic nitrogens is 1. The van der Waals surface area contributed by atoms with Crippen LogP contribution in [0, 0.1) is 18.8 Å². The molecule has 11 heteroatoms. The first-order valence-electron chi connectivity index (χ1n) is 14.6. The molecule has 1 aliphatic heterocycles. The minimum atomic E-state index is -1.18. The Morgan fingerprint density at radius 3 is 2.33 bits per heavy atom. The molecule has 2 aromatic rings. The van der Waals surface area contributed by atoms with E-state index in [2.05, 4.69) is 34.8 Å². The summed E-state index contributed by atoms with van der Waals surface area (Å²) in [7, 11) is 1.68. The van der Waals surface area contributed by atoms with Crippen LogP contribution in [0.3, 0.4) is 0 Å². The summed E-state index contributed by atoms with van der Waals surface area (Å²) in [6.45, 7) is 7.67. The molecule has 1 aromatic carbocycles. The van der Waals surface area contributed by atoms with Crippen molar-refractivity contribution in [3.63, 3.8) is 0 Å². The van der Waals surface area contributed by atoms with Crippen LogP contribution >= 0.6 is 12.6 Å². The zero-order valence-electron chi connectivity index (χ0n) is 25.0. The van der Waals surface area contributed by atoms with E-state index in [1.807, 2.05) is 38.1 Å². The molecule has 4 rings (SSSR count). The van der Waals surface area contributed by atoms with Gasteiger partial charge in [0.1, 0.15) is 16.9 Å². The molecule has 3 N–H and O–H groups in total. The van der Waals surface area contributed by atoms with Gasteiger partial charge in [0.05, 0.1) is 19.3 Å². The van der Waals surface area contributed by atoms with Crippen LogP contribution in [-0.4, -0.2) is 85.3 Å². The fraction of sp³-hybridized carbons (Fsp3) is 0.581. The third-order valence-corrected chi connectivity index (χ3v) is 8.15. The first-order valence-corrected chi connectivity index (χ1v) is 15.0. The number of methoxy groups -OCH3 is 1. The summed E-state index contributed by atoms with van der Waals surface area (Å²) in [5.41, 5.74) is 1.03. The highest BCUT2D eigenvalue weighted by atomic mass is 32.1. The van der Waals surface area contributed by atoms with Gasteiger partial charge in [-0.2, -0.15) is 0 Å². The number of nitrogens with zero attached hydrogens (tertiary/aromatic N) is 2. The van der Waals surface area contributed by atoms with Crippen LogP contribution in [0.5, 0.6) is 5.88 Å². The van der Waals surface area contributed by atoms with E-state index in [-0.39, 0.29) is 43.5 Å². The molecule has 1 saturated carbocycles. The Bertz CT molecular complexity index is 1130. The maximum absolute atomic E-state index is 13.1. The molecule has 1 saturated heterocycles. The molecule has 2 heterocycles. The van der Waals surface area contributed by atoms with Gasteiger partial charge in [-0.15, -0.1) is 12.6 Å². The highest BCUT2D eigenvalue weighted by molar-refractivity contribution is 7.80. The van der Waals surface area contributed by atoms with E-state index in [9.17, 15) is 14.7 Å². The number of carbonyl (C=O) groups is 2. The van der Waals surface area contributed by atoms with Gasteiger partial charge in [-0.25, -0.2) is 9.78 Å². The molecule has 2 fully saturated rings. The number of amides is 1. The lowest BCUT2D eigenvalue weighted by Gasteiger charge is -2.40. The van der Waals surface area contributed by atoms with Crippen molar-refractivity contribution in [3.05, 3.63) is 47.7 Å². The summed E-state index contributed by atoms with van der Waals surface area (Å²) in [4.78, 5) is 33.5. The molecule has 10 nitrogen and oxygen atoms in total. The molecular weight excluding hydrogens is 558 g/mol. The van der Waals surface area contributed by atoms with Gasteiger partial charge >= 0.3 is 5.97 Å². The summed E-state index contributed by atoms with van der Waals surface area (Å²) in [6, 6.07) is 11.5. The number of nitrogens with one attached hydrogen (secondary N) is 1. The normalized spacial score (nSPS) is 17.9. The first kappa shape index (κ1) is 33.6. The first-order chi connectivity index (χ1) is 20.2. The Labute approximate surface area is 254 Å². The zero-order valence-corrected chi connectivity index (χ0v) is 25.9. The van der Waals surface area contributed by atoms with Crippen molar-refractivity contribution < 1.29 is 34.0 Å². The van der Waals surface area contributed by atoms with Gasteiger partial charge in [0.25, 0.3) is 5.91 Å². The molecule has 0 bridgehead atoms. The molecule has 2 atom stereocenters. The SMILES string of the molecule is CCC(CC)(NC(=O)c1ccc(N2CC(OC)C2)c(OCC2C[C@@H]2CO)n1)C(=O)OCCCO.Cc1ccc(S)cc1. The molecule has 0 spiro atoms. The standard InChI is InChI=1S/C24H37N3O7.C7H8S/c1-4-24(5-2,23(31)33-10-6-9-28)26-21(30)19-7-8-20(27-12-18(13-27)32-3)22(25-19)34-15-17-11-16(17)14-29;1-6-2-4-7(8)5-3-6/h7-8,16-18,28-29H,4-6,9-15H2,1-3H3,(H,26,30);2-5,8H,1H3/t16-,17?;/m1./s1. The van der Waals surface area contributed by atoms with E-state index < -0.39 is 17.4 Å². The molecule has 42 heavy (non-hydrogen) atoms. The van der Waals surface area contributed by atoms with Gasteiger partial charge in [-0.05, 0) is 62.3 Å². The number of esters is 1. The van der Waals surface area contributed by atoms with Crippen LogP contribution in [0.1, 0.15) is 55.6 Å². The molecule has 2 aliphatic rings. The fourth-order valence-electron chi connectivity index (χ4n) is 4.57. The average Bonchev–Trinajstić information content (AvgIpc) is 3.75. The third-order valence-electron chi connectivity index (χ3n) is 7.85. The number of aliphatic hydroxyl groups excluding tert-OH is 2. The second kappa shape index (κ2) is 16.1. The number of ether oxygens (including phenoxy) is 3. The van der Waals surface area contributed by atoms with Crippen LogP contribution in [0.4, 0.5) is 5.69 Å². The molecule has 1 unspecified atom stereocenters. The van der Waals surface area contributed by atoms with Crippen LogP contribution in [0.25, 0.3) is 0 Å². The molecular formula is C31H45N3O7S. The second-order valence-corrected chi connectivity index (χ2v) is 11.3. The predicted octanol–water partition coefficient (Wildman–Crippen LogP) is 3.42. The van der Waals surface area contributed by atoms with Crippen molar-refractivity contribution >= 4 is 30.2 Å². The van der Waals surface area contributed by atoms with E-state index in [1.165, 1.54) is 5.56 Å². The van der Waals surface area contributed by atoms with Crippen molar-refractivity contribution in [3.8, 4) is 5.88 Å². The molecule has 1 aromatic heterocycles. The molecule has 1 amide bonds. The molecule has 1 aliphatic carbocycles. The monoisotopic (exact) mass is 603 g/mol. The summed E-state index contributed by atoms with van der Waals surface area (Å²) in [5.74, 6) is -0.125. The Balaban J connectivity index is 0.000000521.